The van der Waals surface area contributed by atoms with Crippen LogP contribution in [0.2, 0.25) is 0 Å². The molecule has 0 aromatic rings. The first-order valence-electron chi connectivity index (χ1n) is 29.1. The maximum Gasteiger partial charge on any atom is 0.305 e. The predicted molar refractivity (Wildman–Crippen MR) is 283 cm³/mol. The topological polar surface area (TPSA) is 95.9 Å². The highest BCUT2D eigenvalue weighted by Gasteiger charge is 2.18. The fraction of sp³-hybridized carbons (Fsp3) is 0.898. The molecule has 0 aromatic heterocycles. The summed E-state index contributed by atoms with van der Waals surface area (Å²) >= 11 is 0. The van der Waals surface area contributed by atoms with Gasteiger partial charge in [-0.15, -0.1) is 0 Å². The molecule has 0 radical (unpaired) electrons. The molecule has 0 heterocycles. The zero-order valence-corrected chi connectivity index (χ0v) is 43.7. The van der Waals surface area contributed by atoms with Gasteiger partial charge in [-0.3, -0.25) is 9.59 Å². The summed E-state index contributed by atoms with van der Waals surface area (Å²) < 4.78 is 5.45. The summed E-state index contributed by atoms with van der Waals surface area (Å²) in [5.41, 5.74) is 0. The summed E-state index contributed by atoms with van der Waals surface area (Å²) in [6.07, 6.45) is 66.3. The lowest BCUT2D eigenvalue weighted by Crippen LogP contribution is -2.45. The Hall–Kier alpha value is -1.66. The summed E-state index contributed by atoms with van der Waals surface area (Å²) in [5.74, 6) is -0.127. The van der Waals surface area contributed by atoms with Gasteiger partial charge in [0.25, 0.3) is 0 Å². The van der Waals surface area contributed by atoms with Gasteiger partial charge in [-0.2, -0.15) is 0 Å². The molecule has 65 heavy (non-hydrogen) atoms. The van der Waals surface area contributed by atoms with Crippen LogP contribution in [0.3, 0.4) is 0 Å². The quantitative estimate of drug-likeness (QED) is 0.0321. The van der Waals surface area contributed by atoms with Crippen molar-refractivity contribution in [3.63, 3.8) is 0 Å². The Bertz CT molecular complexity index is 1010. The number of carbonyl (C=O) groups is 2. The van der Waals surface area contributed by atoms with Crippen molar-refractivity contribution in [2.45, 2.75) is 328 Å². The first kappa shape index (κ1) is 63.3. The van der Waals surface area contributed by atoms with E-state index in [2.05, 4.69) is 31.3 Å². The highest BCUT2D eigenvalue weighted by Crippen LogP contribution is 2.17. The zero-order valence-electron chi connectivity index (χ0n) is 43.7. The van der Waals surface area contributed by atoms with Crippen LogP contribution in [0.1, 0.15) is 316 Å². The van der Waals surface area contributed by atoms with Gasteiger partial charge >= 0.3 is 5.97 Å². The Morgan fingerprint density at radius 3 is 1.09 bits per heavy atom. The van der Waals surface area contributed by atoms with Crippen LogP contribution in [-0.2, 0) is 14.3 Å². The standard InChI is InChI=1S/C59H113NO5/c1-3-5-7-9-11-13-15-17-19-20-21-22-23-24-25-26-27-29-30-32-35-39-43-47-51-57(62)56(55-61)60-58(63)52-48-44-40-36-34-38-42-46-50-54-65-59(64)53-49-45-41-37-33-31-28-18-16-14-12-10-8-6-4-2/h18,28,47,51,56-57,61-62H,3-17,19-27,29-46,48-50,52-55H2,1-2H3,(H,60,63)/b28-18-,51-47+. The molecule has 6 heteroatoms. The van der Waals surface area contributed by atoms with Crippen LogP contribution in [0.25, 0.3) is 0 Å². The van der Waals surface area contributed by atoms with Crippen molar-refractivity contribution in [1.29, 1.82) is 0 Å². The van der Waals surface area contributed by atoms with Crippen molar-refractivity contribution >= 4 is 11.9 Å². The molecule has 0 bridgehead atoms. The molecule has 384 valence electrons. The summed E-state index contributed by atoms with van der Waals surface area (Å²) in [5, 5.41) is 23.2. The van der Waals surface area contributed by atoms with Crippen molar-refractivity contribution in [2.75, 3.05) is 13.2 Å². The Morgan fingerprint density at radius 1 is 0.415 bits per heavy atom. The molecular weight excluding hydrogens is 803 g/mol. The molecule has 0 aromatic carbocycles. The van der Waals surface area contributed by atoms with E-state index in [0.717, 1.165) is 57.8 Å². The predicted octanol–water partition coefficient (Wildman–Crippen LogP) is 17.9. The highest BCUT2D eigenvalue weighted by molar-refractivity contribution is 5.76. The lowest BCUT2D eigenvalue weighted by Gasteiger charge is -2.20. The number of hydrogen-bond acceptors (Lipinski definition) is 5. The zero-order chi connectivity index (χ0) is 47.2. The van der Waals surface area contributed by atoms with E-state index in [1.807, 2.05) is 6.08 Å². The molecular formula is C59H113NO5. The lowest BCUT2D eigenvalue weighted by molar-refractivity contribution is -0.143. The number of esters is 1. The molecule has 0 fully saturated rings. The second-order valence-electron chi connectivity index (χ2n) is 20.0. The smallest absolute Gasteiger partial charge is 0.305 e. The molecule has 0 saturated heterocycles. The maximum absolute atomic E-state index is 12.5. The van der Waals surface area contributed by atoms with E-state index in [9.17, 15) is 19.8 Å². The number of nitrogens with one attached hydrogen (secondary N) is 1. The summed E-state index contributed by atoms with van der Waals surface area (Å²) in [6, 6.07) is -0.649. The molecule has 0 aliphatic heterocycles. The van der Waals surface area contributed by atoms with E-state index in [-0.39, 0.29) is 18.5 Å². The fourth-order valence-electron chi connectivity index (χ4n) is 8.98. The Balaban J connectivity index is 3.51. The van der Waals surface area contributed by atoms with Gasteiger partial charge in [0.05, 0.1) is 25.4 Å². The first-order chi connectivity index (χ1) is 32.0. The average Bonchev–Trinajstić information content (AvgIpc) is 3.31. The van der Waals surface area contributed by atoms with Gasteiger partial charge in [-0.25, -0.2) is 0 Å². The van der Waals surface area contributed by atoms with Crippen LogP contribution in [0.15, 0.2) is 24.3 Å². The van der Waals surface area contributed by atoms with Gasteiger partial charge in [0.15, 0.2) is 0 Å². The molecule has 0 aliphatic rings. The average molecular weight is 917 g/mol. The number of aliphatic hydroxyl groups is 2. The number of aliphatic hydroxyl groups excluding tert-OH is 2. The second-order valence-corrected chi connectivity index (χ2v) is 20.0. The second kappa shape index (κ2) is 54.9. The number of ether oxygens (including phenoxy) is 1. The number of rotatable bonds is 54. The van der Waals surface area contributed by atoms with Gasteiger partial charge < -0.3 is 20.3 Å². The molecule has 0 rings (SSSR count). The van der Waals surface area contributed by atoms with Crippen molar-refractivity contribution in [3.05, 3.63) is 24.3 Å². The molecule has 2 unspecified atom stereocenters. The summed E-state index contributed by atoms with van der Waals surface area (Å²) in [6.45, 7) is 4.85. The molecule has 0 saturated carbocycles. The monoisotopic (exact) mass is 916 g/mol. The lowest BCUT2D eigenvalue weighted by atomic mass is 10.0. The van der Waals surface area contributed by atoms with Crippen LogP contribution in [-0.4, -0.2) is 47.4 Å². The molecule has 3 N–H and O–H groups in total. The van der Waals surface area contributed by atoms with Crippen LogP contribution < -0.4 is 5.32 Å². The van der Waals surface area contributed by atoms with Gasteiger partial charge in [0.1, 0.15) is 0 Å². The number of hydrogen-bond donors (Lipinski definition) is 3. The molecule has 0 spiro atoms. The van der Waals surface area contributed by atoms with Crippen LogP contribution in [0.5, 0.6) is 0 Å². The Kier molecular flexibility index (Phi) is 53.5. The van der Waals surface area contributed by atoms with E-state index in [1.54, 1.807) is 6.08 Å². The number of allylic oxidation sites excluding steroid dienone is 3. The van der Waals surface area contributed by atoms with E-state index in [4.69, 9.17) is 4.74 Å². The summed E-state index contributed by atoms with van der Waals surface area (Å²) in [4.78, 5) is 24.5. The van der Waals surface area contributed by atoms with E-state index >= 15 is 0 Å². The van der Waals surface area contributed by atoms with Gasteiger partial charge in [0.2, 0.25) is 5.91 Å². The SMILES string of the molecule is CCCCCCCC/C=C\CCCCCCCC(=O)OCCCCCCCCCCCC(=O)NC(CO)C(O)/C=C/CCCCCCCCCCCCCCCCCCCCCCCC. The highest BCUT2D eigenvalue weighted by atomic mass is 16.5. The van der Waals surface area contributed by atoms with Crippen LogP contribution >= 0.6 is 0 Å². The van der Waals surface area contributed by atoms with Crippen molar-refractivity contribution in [3.8, 4) is 0 Å². The fourth-order valence-corrected chi connectivity index (χ4v) is 8.98. The van der Waals surface area contributed by atoms with E-state index < -0.39 is 12.1 Å². The first-order valence-corrected chi connectivity index (χ1v) is 29.1. The normalized spacial score (nSPS) is 12.7. The van der Waals surface area contributed by atoms with Gasteiger partial charge in [-0.05, 0) is 57.8 Å². The maximum atomic E-state index is 12.5. The van der Waals surface area contributed by atoms with Gasteiger partial charge in [0, 0.05) is 12.8 Å². The summed E-state index contributed by atoms with van der Waals surface area (Å²) in [7, 11) is 0. The van der Waals surface area contributed by atoms with Crippen molar-refractivity contribution in [1.82, 2.24) is 5.32 Å². The molecule has 1 amide bonds. The third-order valence-corrected chi connectivity index (χ3v) is 13.5. The van der Waals surface area contributed by atoms with E-state index in [0.29, 0.717) is 19.4 Å². The minimum absolute atomic E-state index is 0.0344. The van der Waals surface area contributed by atoms with E-state index in [1.165, 1.54) is 231 Å². The number of unbranched alkanes of at least 4 members (excludes halogenated alkanes) is 41. The molecule has 0 aliphatic carbocycles. The minimum atomic E-state index is -0.863. The third kappa shape index (κ3) is 51.6. The Morgan fingerprint density at radius 2 is 0.723 bits per heavy atom. The Labute approximate surface area is 405 Å². The largest absolute Gasteiger partial charge is 0.466 e. The van der Waals surface area contributed by atoms with Crippen LogP contribution in [0.4, 0.5) is 0 Å². The van der Waals surface area contributed by atoms with Crippen molar-refractivity contribution < 1.29 is 24.5 Å². The molecule has 2 atom stereocenters. The van der Waals surface area contributed by atoms with Crippen molar-refractivity contribution in [2.24, 2.45) is 0 Å². The molecule has 6 nitrogen and oxygen atoms in total. The minimum Gasteiger partial charge on any atom is -0.466 e. The third-order valence-electron chi connectivity index (χ3n) is 13.5. The van der Waals surface area contributed by atoms with Gasteiger partial charge in [-0.1, -0.05) is 269 Å². The van der Waals surface area contributed by atoms with Crippen LogP contribution in [0, 0.1) is 0 Å². The number of amides is 1. The number of carbonyl (C=O) groups excluding carboxylic acids is 2.